The van der Waals surface area contributed by atoms with Crippen molar-refractivity contribution in [2.75, 3.05) is 20.2 Å². The predicted octanol–water partition coefficient (Wildman–Crippen LogP) is 5.60. The standard InChI is InChI=1S/C29H32N4O/c1-34-27-14-8-7-13-26(27)29-32-31-28(33(29)20-17-22-15-18-30-19-16-22)21-24-11-5-6-12-25(24)23-9-3-2-4-10-23/h2-14,22,30H,15-21H2,1H3. The Balaban J connectivity index is 1.51. The third kappa shape index (κ3) is 4.90. The van der Waals surface area contributed by atoms with Crippen molar-refractivity contribution in [3.05, 3.63) is 90.3 Å². The van der Waals surface area contributed by atoms with Gasteiger partial charge in [-0.15, -0.1) is 10.2 Å². The van der Waals surface area contributed by atoms with Gasteiger partial charge in [-0.1, -0.05) is 66.7 Å². The van der Waals surface area contributed by atoms with Gasteiger partial charge in [0.2, 0.25) is 0 Å². The molecule has 0 saturated carbocycles. The first-order valence-electron chi connectivity index (χ1n) is 12.2. The Morgan fingerprint density at radius 2 is 1.56 bits per heavy atom. The maximum Gasteiger partial charge on any atom is 0.167 e. The quantitative estimate of drug-likeness (QED) is 0.378. The van der Waals surface area contributed by atoms with Crippen molar-refractivity contribution in [2.45, 2.75) is 32.2 Å². The summed E-state index contributed by atoms with van der Waals surface area (Å²) < 4.78 is 7.99. The van der Waals surface area contributed by atoms with Crippen molar-refractivity contribution in [1.82, 2.24) is 20.1 Å². The first-order chi connectivity index (χ1) is 16.8. The molecule has 5 nitrogen and oxygen atoms in total. The van der Waals surface area contributed by atoms with Crippen molar-refractivity contribution < 1.29 is 4.74 Å². The fraction of sp³-hybridized carbons (Fsp3) is 0.310. The van der Waals surface area contributed by atoms with Crippen molar-refractivity contribution in [3.8, 4) is 28.3 Å². The number of para-hydroxylation sites is 1. The predicted molar refractivity (Wildman–Crippen MR) is 137 cm³/mol. The number of ether oxygens (including phenoxy) is 1. The molecule has 1 saturated heterocycles. The summed E-state index contributed by atoms with van der Waals surface area (Å²) in [4.78, 5) is 0. The molecule has 5 heteroatoms. The summed E-state index contributed by atoms with van der Waals surface area (Å²) in [5.74, 6) is 3.45. The summed E-state index contributed by atoms with van der Waals surface area (Å²) >= 11 is 0. The number of methoxy groups -OCH3 is 1. The number of nitrogens with zero attached hydrogens (tertiary/aromatic N) is 3. The van der Waals surface area contributed by atoms with Gasteiger partial charge < -0.3 is 14.6 Å². The van der Waals surface area contributed by atoms with Crippen LogP contribution in [0.3, 0.4) is 0 Å². The second kappa shape index (κ2) is 10.7. The second-order valence-corrected chi connectivity index (χ2v) is 8.97. The molecule has 1 N–H and O–H groups in total. The van der Waals surface area contributed by atoms with Crippen LogP contribution >= 0.6 is 0 Å². The number of aromatic nitrogens is 3. The molecule has 0 spiro atoms. The van der Waals surface area contributed by atoms with Gasteiger partial charge in [-0.2, -0.15) is 0 Å². The molecule has 1 aromatic heterocycles. The zero-order chi connectivity index (χ0) is 23.2. The van der Waals surface area contributed by atoms with E-state index in [0.29, 0.717) is 0 Å². The minimum absolute atomic E-state index is 0.735. The molecule has 1 fully saturated rings. The van der Waals surface area contributed by atoms with E-state index in [1.54, 1.807) is 7.11 Å². The van der Waals surface area contributed by atoms with Crippen LogP contribution < -0.4 is 10.1 Å². The van der Waals surface area contributed by atoms with Gasteiger partial charge >= 0.3 is 0 Å². The van der Waals surface area contributed by atoms with Crippen molar-refractivity contribution in [2.24, 2.45) is 5.92 Å². The molecule has 5 rings (SSSR count). The van der Waals surface area contributed by atoms with Gasteiger partial charge in [-0.3, -0.25) is 0 Å². The highest BCUT2D eigenvalue weighted by molar-refractivity contribution is 5.68. The van der Waals surface area contributed by atoms with Crippen molar-refractivity contribution in [3.63, 3.8) is 0 Å². The first-order valence-corrected chi connectivity index (χ1v) is 12.2. The van der Waals surface area contributed by atoms with E-state index < -0.39 is 0 Å². The fourth-order valence-corrected chi connectivity index (χ4v) is 4.96. The molecule has 0 radical (unpaired) electrons. The fourth-order valence-electron chi connectivity index (χ4n) is 4.96. The summed E-state index contributed by atoms with van der Waals surface area (Å²) in [5.41, 5.74) is 4.72. The number of hydrogen-bond donors (Lipinski definition) is 1. The molecular formula is C29H32N4O. The van der Waals surface area contributed by atoms with Crippen molar-refractivity contribution in [1.29, 1.82) is 0 Å². The van der Waals surface area contributed by atoms with Gasteiger partial charge in [0, 0.05) is 13.0 Å². The molecule has 0 amide bonds. The number of benzene rings is 3. The van der Waals surface area contributed by atoms with E-state index in [4.69, 9.17) is 9.84 Å². The summed E-state index contributed by atoms with van der Waals surface area (Å²) in [7, 11) is 1.71. The molecule has 0 bridgehead atoms. The van der Waals surface area contributed by atoms with Crippen LogP contribution in [0.4, 0.5) is 0 Å². The van der Waals surface area contributed by atoms with E-state index in [0.717, 1.165) is 61.4 Å². The van der Waals surface area contributed by atoms with Gasteiger partial charge in [-0.25, -0.2) is 0 Å². The topological polar surface area (TPSA) is 52.0 Å². The second-order valence-electron chi connectivity index (χ2n) is 8.97. The van der Waals surface area contributed by atoms with E-state index in [1.807, 2.05) is 18.2 Å². The zero-order valence-corrected chi connectivity index (χ0v) is 19.8. The van der Waals surface area contributed by atoms with E-state index in [2.05, 4.69) is 75.6 Å². The minimum atomic E-state index is 0.735. The lowest BCUT2D eigenvalue weighted by atomic mass is 9.94. The zero-order valence-electron chi connectivity index (χ0n) is 19.8. The van der Waals surface area contributed by atoms with Crippen LogP contribution in [0.5, 0.6) is 5.75 Å². The molecule has 34 heavy (non-hydrogen) atoms. The minimum Gasteiger partial charge on any atom is -0.496 e. The lowest BCUT2D eigenvalue weighted by molar-refractivity contribution is 0.337. The lowest BCUT2D eigenvalue weighted by Gasteiger charge is -2.23. The first kappa shape index (κ1) is 22.4. The van der Waals surface area contributed by atoms with Crippen LogP contribution in [-0.4, -0.2) is 35.0 Å². The van der Waals surface area contributed by atoms with E-state index >= 15 is 0 Å². The molecule has 0 unspecified atom stereocenters. The van der Waals surface area contributed by atoms with Crippen LogP contribution in [0.15, 0.2) is 78.9 Å². The Morgan fingerprint density at radius 3 is 2.35 bits per heavy atom. The van der Waals surface area contributed by atoms with Crippen LogP contribution in [-0.2, 0) is 13.0 Å². The SMILES string of the molecule is COc1ccccc1-c1nnc(Cc2ccccc2-c2ccccc2)n1CCC1CCNCC1. The average molecular weight is 453 g/mol. The number of piperidine rings is 1. The largest absolute Gasteiger partial charge is 0.496 e. The molecule has 2 heterocycles. The smallest absolute Gasteiger partial charge is 0.167 e. The summed E-state index contributed by atoms with van der Waals surface area (Å²) in [6.45, 7) is 3.14. The van der Waals surface area contributed by atoms with Crippen molar-refractivity contribution >= 4 is 0 Å². The lowest BCUT2D eigenvalue weighted by Crippen LogP contribution is -2.28. The molecule has 4 aromatic rings. The molecule has 1 aliphatic heterocycles. The number of nitrogens with one attached hydrogen (secondary N) is 1. The Kier molecular flexibility index (Phi) is 7.01. The Hall–Kier alpha value is -3.44. The molecular weight excluding hydrogens is 420 g/mol. The van der Waals surface area contributed by atoms with Crippen LogP contribution in [0.1, 0.15) is 30.7 Å². The van der Waals surface area contributed by atoms with Gasteiger partial charge in [0.25, 0.3) is 0 Å². The summed E-state index contributed by atoms with van der Waals surface area (Å²) in [6.07, 6.45) is 4.34. The van der Waals surface area contributed by atoms with Gasteiger partial charge in [0.1, 0.15) is 11.6 Å². The average Bonchev–Trinajstić information content (AvgIpc) is 3.30. The molecule has 0 atom stereocenters. The molecule has 3 aromatic carbocycles. The Morgan fingerprint density at radius 1 is 0.853 bits per heavy atom. The van der Waals surface area contributed by atoms with E-state index in [1.165, 1.54) is 29.5 Å². The van der Waals surface area contributed by atoms with Crippen LogP contribution in [0, 0.1) is 5.92 Å². The maximum absolute atomic E-state index is 5.66. The summed E-state index contributed by atoms with van der Waals surface area (Å²) in [5, 5.41) is 12.9. The highest BCUT2D eigenvalue weighted by Gasteiger charge is 2.20. The third-order valence-corrected chi connectivity index (χ3v) is 6.85. The third-order valence-electron chi connectivity index (χ3n) is 6.85. The van der Waals surface area contributed by atoms with Crippen LogP contribution in [0.2, 0.25) is 0 Å². The highest BCUT2D eigenvalue weighted by atomic mass is 16.5. The molecule has 0 aliphatic carbocycles. The molecule has 174 valence electrons. The van der Waals surface area contributed by atoms with Gasteiger partial charge in [0.05, 0.1) is 12.7 Å². The number of hydrogen-bond acceptors (Lipinski definition) is 4. The van der Waals surface area contributed by atoms with Crippen LogP contribution in [0.25, 0.3) is 22.5 Å². The maximum atomic E-state index is 5.66. The molecule has 1 aliphatic rings. The number of rotatable bonds is 8. The van der Waals surface area contributed by atoms with E-state index in [9.17, 15) is 0 Å². The Labute approximate surface area is 201 Å². The van der Waals surface area contributed by atoms with E-state index in [-0.39, 0.29) is 0 Å². The normalized spacial score (nSPS) is 14.3. The Bertz CT molecular complexity index is 1210. The van der Waals surface area contributed by atoms with Gasteiger partial charge in [0.15, 0.2) is 5.82 Å². The monoisotopic (exact) mass is 452 g/mol. The summed E-state index contributed by atoms with van der Waals surface area (Å²) in [6, 6.07) is 27.3. The highest BCUT2D eigenvalue weighted by Crippen LogP contribution is 2.31. The van der Waals surface area contributed by atoms with Gasteiger partial charge in [-0.05, 0) is 67.1 Å².